The van der Waals surface area contributed by atoms with Crippen LogP contribution in [-0.4, -0.2) is 34.6 Å². The van der Waals surface area contributed by atoms with Crippen LogP contribution in [0.4, 0.5) is 4.39 Å². The number of hydrogen-bond donors (Lipinski definition) is 1. The van der Waals surface area contributed by atoms with E-state index in [4.69, 9.17) is 23.2 Å². The molecule has 2 atom stereocenters. The maximum absolute atomic E-state index is 13.2. The zero-order valence-electron chi connectivity index (χ0n) is 18.5. The van der Waals surface area contributed by atoms with Crippen molar-refractivity contribution in [1.82, 2.24) is 10.2 Å². The maximum atomic E-state index is 13.2. The molecule has 0 aromatic heterocycles. The molecule has 1 N–H and O–H groups in total. The van der Waals surface area contributed by atoms with Crippen molar-refractivity contribution in [2.45, 2.75) is 58.0 Å². The number of thioether (sulfide) groups is 1. The average molecular weight is 499 g/mol. The van der Waals surface area contributed by atoms with Gasteiger partial charge in [0.15, 0.2) is 0 Å². The highest BCUT2D eigenvalue weighted by molar-refractivity contribution is 7.99. The van der Waals surface area contributed by atoms with Crippen molar-refractivity contribution in [2.75, 3.05) is 5.75 Å². The fourth-order valence-corrected chi connectivity index (χ4v) is 4.31. The summed E-state index contributed by atoms with van der Waals surface area (Å²) in [5.41, 5.74) is 1.73. The highest BCUT2D eigenvalue weighted by atomic mass is 35.5. The second kappa shape index (κ2) is 13.1. The molecule has 0 heterocycles. The molecule has 0 bridgehead atoms. The van der Waals surface area contributed by atoms with Crippen LogP contribution in [0.5, 0.6) is 0 Å². The van der Waals surface area contributed by atoms with E-state index in [2.05, 4.69) is 5.32 Å². The minimum Gasteiger partial charge on any atom is -0.352 e. The predicted octanol–water partition coefficient (Wildman–Crippen LogP) is 6.09. The average Bonchev–Trinajstić information content (AvgIpc) is 2.77. The quantitative estimate of drug-likeness (QED) is 0.407. The molecule has 0 saturated heterocycles. The molecule has 32 heavy (non-hydrogen) atoms. The Labute approximate surface area is 203 Å². The van der Waals surface area contributed by atoms with Crippen LogP contribution in [0.3, 0.4) is 0 Å². The summed E-state index contributed by atoms with van der Waals surface area (Å²) in [7, 11) is 0. The second-order valence-electron chi connectivity index (χ2n) is 7.63. The van der Waals surface area contributed by atoms with E-state index < -0.39 is 6.04 Å². The fourth-order valence-electron chi connectivity index (χ4n) is 3.12. The molecule has 2 unspecified atom stereocenters. The second-order valence-corrected chi connectivity index (χ2v) is 9.43. The summed E-state index contributed by atoms with van der Waals surface area (Å²) in [6.45, 7) is 6.08. The lowest BCUT2D eigenvalue weighted by molar-refractivity contribution is -0.139. The van der Waals surface area contributed by atoms with Crippen molar-refractivity contribution in [3.63, 3.8) is 0 Å². The van der Waals surface area contributed by atoms with Crippen LogP contribution in [0.25, 0.3) is 0 Å². The molecule has 0 spiro atoms. The van der Waals surface area contributed by atoms with E-state index in [9.17, 15) is 14.0 Å². The minimum atomic E-state index is -0.600. The minimum absolute atomic E-state index is 0.0197. The van der Waals surface area contributed by atoms with Crippen LogP contribution < -0.4 is 5.32 Å². The summed E-state index contributed by atoms with van der Waals surface area (Å²) in [5, 5.41) is 3.82. The smallest absolute Gasteiger partial charge is 0.243 e. The molecule has 2 amide bonds. The Morgan fingerprint density at radius 3 is 2.28 bits per heavy atom. The van der Waals surface area contributed by atoms with Crippen molar-refractivity contribution in [3.05, 3.63) is 69.5 Å². The maximum Gasteiger partial charge on any atom is 0.243 e. The van der Waals surface area contributed by atoms with Crippen molar-refractivity contribution >= 4 is 46.8 Å². The third kappa shape index (κ3) is 7.98. The number of benzene rings is 2. The molecule has 0 aliphatic rings. The predicted molar refractivity (Wildman–Crippen MR) is 132 cm³/mol. The number of amides is 2. The first-order valence-electron chi connectivity index (χ1n) is 10.6. The molecular formula is C24H29Cl2FN2O2S. The van der Waals surface area contributed by atoms with Crippen molar-refractivity contribution in [2.24, 2.45) is 0 Å². The summed E-state index contributed by atoms with van der Waals surface area (Å²) < 4.78 is 13.1. The zero-order valence-corrected chi connectivity index (χ0v) is 20.9. The lowest BCUT2D eigenvalue weighted by Crippen LogP contribution is -2.51. The Kier molecular flexibility index (Phi) is 10.8. The topological polar surface area (TPSA) is 49.4 Å². The highest BCUT2D eigenvalue weighted by Gasteiger charge is 2.29. The van der Waals surface area contributed by atoms with Gasteiger partial charge in [0.25, 0.3) is 0 Å². The van der Waals surface area contributed by atoms with E-state index in [1.54, 1.807) is 35.2 Å². The highest BCUT2D eigenvalue weighted by Crippen LogP contribution is 2.24. The molecule has 4 nitrogen and oxygen atoms in total. The van der Waals surface area contributed by atoms with Gasteiger partial charge in [-0.25, -0.2) is 4.39 Å². The number of hydrogen-bond acceptors (Lipinski definition) is 3. The molecule has 0 saturated carbocycles. The van der Waals surface area contributed by atoms with Crippen LogP contribution in [0.15, 0.2) is 42.5 Å². The van der Waals surface area contributed by atoms with Gasteiger partial charge in [0.05, 0.1) is 15.8 Å². The van der Waals surface area contributed by atoms with Gasteiger partial charge in [0.2, 0.25) is 11.8 Å². The Hall–Kier alpha value is -1.76. The lowest BCUT2D eigenvalue weighted by atomic mass is 10.1. The van der Waals surface area contributed by atoms with E-state index in [-0.39, 0.29) is 36.0 Å². The number of halogens is 3. The van der Waals surface area contributed by atoms with Crippen molar-refractivity contribution in [1.29, 1.82) is 0 Å². The summed E-state index contributed by atoms with van der Waals surface area (Å²) in [6.07, 6.45) is 1.29. The summed E-state index contributed by atoms with van der Waals surface area (Å²) >= 11 is 13.6. The standard InChI is InChI=1S/C24H29Cl2FN2O2S/c1-4-16(3)28-24(31)22(5-2)29(13-18-8-11-20(25)21(26)12-18)23(30)15-32-14-17-6-9-19(27)10-7-17/h6-12,16,22H,4-5,13-15H2,1-3H3,(H,28,31). The first kappa shape index (κ1) is 26.5. The molecule has 174 valence electrons. The first-order chi connectivity index (χ1) is 15.2. The molecule has 8 heteroatoms. The summed E-state index contributed by atoms with van der Waals surface area (Å²) in [5.74, 6) is 0.169. The van der Waals surface area contributed by atoms with E-state index in [1.807, 2.05) is 20.8 Å². The third-order valence-corrected chi connectivity index (χ3v) is 6.86. The molecule has 0 radical (unpaired) electrons. The van der Waals surface area contributed by atoms with Crippen LogP contribution in [0.1, 0.15) is 44.7 Å². The van der Waals surface area contributed by atoms with Crippen LogP contribution in [0.2, 0.25) is 10.0 Å². The molecule has 2 aromatic carbocycles. The lowest BCUT2D eigenvalue weighted by Gasteiger charge is -2.31. The third-order valence-electron chi connectivity index (χ3n) is 5.13. The molecule has 0 aliphatic heterocycles. The number of rotatable bonds is 11. The summed E-state index contributed by atoms with van der Waals surface area (Å²) in [4.78, 5) is 27.7. The number of nitrogens with zero attached hydrogens (tertiary/aromatic N) is 1. The SMILES string of the molecule is CCC(C)NC(=O)C(CC)N(Cc1ccc(Cl)c(Cl)c1)C(=O)CSCc1ccc(F)cc1. The van der Waals surface area contributed by atoms with E-state index in [0.717, 1.165) is 17.5 Å². The molecule has 2 rings (SSSR count). The molecule has 2 aromatic rings. The zero-order chi connectivity index (χ0) is 23.7. The molecule has 0 fully saturated rings. The van der Waals surface area contributed by atoms with Gasteiger partial charge in [-0.2, -0.15) is 0 Å². The molecule has 0 aliphatic carbocycles. The monoisotopic (exact) mass is 498 g/mol. The number of nitrogens with one attached hydrogen (secondary N) is 1. The van der Waals surface area contributed by atoms with Gasteiger partial charge >= 0.3 is 0 Å². The largest absolute Gasteiger partial charge is 0.352 e. The number of carbonyl (C=O) groups excluding carboxylic acids is 2. The van der Waals surface area contributed by atoms with Crippen LogP contribution in [0, 0.1) is 5.82 Å². The van der Waals surface area contributed by atoms with Gasteiger partial charge in [-0.1, -0.05) is 55.2 Å². The Bertz CT molecular complexity index is 911. The normalized spacial score (nSPS) is 12.8. The van der Waals surface area contributed by atoms with Crippen molar-refractivity contribution < 1.29 is 14.0 Å². The Morgan fingerprint density at radius 2 is 1.69 bits per heavy atom. The van der Waals surface area contributed by atoms with E-state index >= 15 is 0 Å². The molecular weight excluding hydrogens is 470 g/mol. The summed E-state index contributed by atoms with van der Waals surface area (Å²) in [6, 6.07) is 10.8. The van der Waals surface area contributed by atoms with Crippen molar-refractivity contribution in [3.8, 4) is 0 Å². The first-order valence-corrected chi connectivity index (χ1v) is 12.5. The fraction of sp³-hybridized carbons (Fsp3) is 0.417. The van der Waals surface area contributed by atoms with Gasteiger partial charge in [-0.05, 0) is 55.2 Å². The van der Waals surface area contributed by atoms with E-state index in [0.29, 0.717) is 22.2 Å². The van der Waals surface area contributed by atoms with Gasteiger partial charge in [-0.15, -0.1) is 11.8 Å². The number of carbonyl (C=O) groups is 2. The van der Waals surface area contributed by atoms with E-state index in [1.165, 1.54) is 23.9 Å². The Morgan fingerprint density at radius 1 is 1.03 bits per heavy atom. The van der Waals surface area contributed by atoms with Crippen LogP contribution in [-0.2, 0) is 21.9 Å². The van der Waals surface area contributed by atoms with Gasteiger partial charge < -0.3 is 10.2 Å². The Balaban J connectivity index is 2.16. The van der Waals surface area contributed by atoms with Gasteiger partial charge in [0.1, 0.15) is 11.9 Å². The van der Waals surface area contributed by atoms with Gasteiger partial charge in [-0.3, -0.25) is 9.59 Å². The van der Waals surface area contributed by atoms with Gasteiger partial charge in [0, 0.05) is 18.3 Å². The van der Waals surface area contributed by atoms with Crippen LogP contribution >= 0.6 is 35.0 Å².